The van der Waals surface area contributed by atoms with Crippen molar-refractivity contribution in [2.75, 3.05) is 6.01 Å². The maximum absolute atomic E-state index is 17.4. The number of thioether (sulfide) groups is 1. The minimum absolute atomic E-state index is 0.0974. The van der Waals surface area contributed by atoms with Gasteiger partial charge in [0.15, 0.2) is 17.1 Å². The standard InChI is InChI=1S/C27H30F2O6S/c1-15-11-19-18-7-6-16-12-17(30)8-9-24(16,2)26(18,29)21(31)13-25(19,3)27(15,23(33)36-14-28)35-22(32)20-5-4-10-34-20/h4-5,8-10,12,15,18-19,21,31H,6-7,11,13-14H2,1-3H3/t15-,18+,19+,21+,24+,25+,26+,27+/m1/s1. The van der Waals surface area contributed by atoms with Crippen molar-refractivity contribution >= 4 is 28.6 Å². The topological polar surface area (TPSA) is 93.8 Å². The van der Waals surface area contributed by atoms with Gasteiger partial charge in [0, 0.05) is 22.7 Å². The summed E-state index contributed by atoms with van der Waals surface area (Å²) in [6.07, 6.45) is 5.22. The highest BCUT2D eigenvalue weighted by atomic mass is 32.2. The van der Waals surface area contributed by atoms with E-state index in [4.69, 9.17) is 9.15 Å². The normalized spacial score (nSPS) is 43.3. The molecule has 0 radical (unpaired) electrons. The molecule has 0 amide bonds. The highest BCUT2D eigenvalue weighted by molar-refractivity contribution is 8.13. The van der Waals surface area contributed by atoms with Crippen LogP contribution in [0.3, 0.4) is 0 Å². The maximum atomic E-state index is 17.4. The summed E-state index contributed by atoms with van der Waals surface area (Å²) in [5, 5.41) is 10.9. The number of halogens is 2. The molecule has 0 bridgehead atoms. The highest BCUT2D eigenvalue weighted by Crippen LogP contribution is 2.71. The number of ether oxygens (including phenoxy) is 1. The SMILES string of the molecule is C[C@@H]1C[C@H]2[C@@H]3CCC4=CC(=O)C=C[C@]4(C)[C@@]3(F)[C@@H](O)C[C@]2(C)[C@@]1(OC(=O)c1ccco1)C(=O)SCF. The van der Waals surface area contributed by atoms with Crippen molar-refractivity contribution in [3.8, 4) is 0 Å². The molecule has 1 heterocycles. The van der Waals surface area contributed by atoms with E-state index in [0.717, 1.165) is 0 Å². The Bertz CT molecular complexity index is 1160. The van der Waals surface area contributed by atoms with Gasteiger partial charge in [-0.15, -0.1) is 0 Å². The third-order valence-corrected chi connectivity index (χ3v) is 10.3. The van der Waals surface area contributed by atoms with Crippen LogP contribution in [0.2, 0.25) is 0 Å². The van der Waals surface area contributed by atoms with Crippen LogP contribution in [0.5, 0.6) is 0 Å². The Balaban J connectivity index is 1.61. The van der Waals surface area contributed by atoms with Crippen LogP contribution in [0, 0.1) is 28.6 Å². The number of hydrogen-bond acceptors (Lipinski definition) is 7. The molecule has 1 N–H and O–H groups in total. The van der Waals surface area contributed by atoms with Crippen molar-refractivity contribution < 1.29 is 37.4 Å². The van der Waals surface area contributed by atoms with E-state index in [1.165, 1.54) is 30.5 Å². The predicted octanol–water partition coefficient (Wildman–Crippen LogP) is 4.98. The Morgan fingerprint density at radius 2 is 2.06 bits per heavy atom. The van der Waals surface area contributed by atoms with Gasteiger partial charge in [0.2, 0.25) is 10.9 Å². The molecule has 0 unspecified atom stereocenters. The third kappa shape index (κ3) is 3.08. The number of alkyl halides is 2. The van der Waals surface area contributed by atoms with Gasteiger partial charge < -0.3 is 14.3 Å². The van der Waals surface area contributed by atoms with E-state index in [9.17, 15) is 23.9 Å². The molecule has 1 aromatic rings. The van der Waals surface area contributed by atoms with Crippen molar-refractivity contribution in [1.29, 1.82) is 0 Å². The maximum Gasteiger partial charge on any atom is 0.375 e. The number of aliphatic hydroxyl groups excluding tert-OH is 1. The summed E-state index contributed by atoms with van der Waals surface area (Å²) in [5.74, 6) is -2.81. The molecule has 0 aliphatic heterocycles. The zero-order valence-electron chi connectivity index (χ0n) is 20.5. The molecule has 6 nitrogen and oxygen atoms in total. The smallest absolute Gasteiger partial charge is 0.375 e. The highest BCUT2D eigenvalue weighted by Gasteiger charge is 2.77. The van der Waals surface area contributed by atoms with Crippen LogP contribution in [0.4, 0.5) is 8.78 Å². The van der Waals surface area contributed by atoms with Gasteiger partial charge in [0.05, 0.1) is 12.4 Å². The monoisotopic (exact) mass is 520 g/mol. The Morgan fingerprint density at radius 1 is 1.31 bits per heavy atom. The second-order valence-corrected chi connectivity index (χ2v) is 11.9. The number of carbonyl (C=O) groups excluding carboxylic acids is 3. The van der Waals surface area contributed by atoms with E-state index in [1.807, 2.05) is 0 Å². The molecule has 36 heavy (non-hydrogen) atoms. The number of ketones is 1. The van der Waals surface area contributed by atoms with Crippen molar-refractivity contribution in [3.63, 3.8) is 0 Å². The molecule has 0 spiro atoms. The van der Waals surface area contributed by atoms with Gasteiger partial charge in [0.25, 0.3) is 0 Å². The Hall–Kier alpha value is -2.26. The molecule has 9 heteroatoms. The lowest BCUT2D eigenvalue weighted by Crippen LogP contribution is -2.69. The Kier molecular flexibility index (Phi) is 5.91. The Labute approximate surface area is 212 Å². The molecule has 1 aromatic heterocycles. The first-order valence-electron chi connectivity index (χ1n) is 12.3. The average Bonchev–Trinajstić information content (AvgIpc) is 3.43. The first-order chi connectivity index (χ1) is 17.0. The quantitative estimate of drug-likeness (QED) is 0.560. The van der Waals surface area contributed by atoms with E-state index in [-0.39, 0.29) is 18.0 Å². The first kappa shape index (κ1) is 25.4. The minimum atomic E-state index is -2.09. The minimum Gasteiger partial charge on any atom is -0.457 e. The van der Waals surface area contributed by atoms with Crippen molar-refractivity contribution in [2.45, 2.75) is 63.8 Å². The van der Waals surface area contributed by atoms with Gasteiger partial charge in [-0.25, -0.2) is 13.6 Å². The molecule has 5 rings (SSSR count). The van der Waals surface area contributed by atoms with Crippen LogP contribution in [-0.2, 0) is 14.3 Å². The zero-order chi connectivity index (χ0) is 26.1. The fraction of sp³-hybridized carbons (Fsp3) is 0.593. The summed E-state index contributed by atoms with van der Waals surface area (Å²) in [4.78, 5) is 38.7. The first-order valence-corrected chi connectivity index (χ1v) is 13.3. The number of furan rings is 1. The number of carbonyl (C=O) groups is 3. The molecular weight excluding hydrogens is 490 g/mol. The summed E-state index contributed by atoms with van der Waals surface area (Å²) in [6, 6.07) is 1.93. The van der Waals surface area contributed by atoms with E-state index in [0.29, 0.717) is 36.6 Å². The largest absolute Gasteiger partial charge is 0.457 e. The number of hydrogen-bond donors (Lipinski definition) is 1. The predicted molar refractivity (Wildman–Crippen MR) is 128 cm³/mol. The van der Waals surface area contributed by atoms with Gasteiger partial charge in [-0.2, -0.15) is 0 Å². The average molecular weight is 521 g/mol. The van der Waals surface area contributed by atoms with Crippen molar-refractivity contribution in [3.05, 3.63) is 48.0 Å². The molecule has 0 aromatic carbocycles. The summed E-state index contributed by atoms with van der Waals surface area (Å²) >= 11 is 0.425. The summed E-state index contributed by atoms with van der Waals surface area (Å²) in [7, 11) is 0. The third-order valence-electron chi connectivity index (χ3n) is 9.65. The molecule has 0 saturated heterocycles. The van der Waals surface area contributed by atoms with Gasteiger partial charge in [-0.3, -0.25) is 9.59 Å². The van der Waals surface area contributed by atoms with E-state index < -0.39 is 63.0 Å². The van der Waals surface area contributed by atoms with Crippen molar-refractivity contribution in [2.24, 2.45) is 28.6 Å². The molecule has 3 fully saturated rings. The number of fused-ring (bicyclic) bond motifs is 5. The fourth-order valence-corrected chi connectivity index (χ4v) is 8.76. The number of allylic oxidation sites excluding steroid dienone is 4. The molecule has 8 atom stereocenters. The van der Waals surface area contributed by atoms with Crippen molar-refractivity contribution in [1.82, 2.24) is 0 Å². The van der Waals surface area contributed by atoms with E-state index >= 15 is 4.39 Å². The van der Waals surface area contributed by atoms with Crippen LogP contribution in [0.25, 0.3) is 0 Å². The Morgan fingerprint density at radius 3 is 2.72 bits per heavy atom. The molecule has 4 aliphatic carbocycles. The molecule has 4 aliphatic rings. The van der Waals surface area contributed by atoms with Gasteiger partial charge >= 0.3 is 5.97 Å². The van der Waals surface area contributed by atoms with Crippen LogP contribution in [0.1, 0.15) is 57.0 Å². The lowest BCUT2D eigenvalue weighted by Gasteiger charge is -2.62. The molecular formula is C27H30F2O6S. The lowest BCUT2D eigenvalue weighted by molar-refractivity contribution is -0.216. The van der Waals surface area contributed by atoms with Gasteiger partial charge in [-0.05, 0) is 74.6 Å². The van der Waals surface area contributed by atoms with Crippen LogP contribution in [-0.4, -0.2) is 45.4 Å². The van der Waals surface area contributed by atoms with Gasteiger partial charge in [-0.1, -0.05) is 25.5 Å². The molecule has 3 saturated carbocycles. The van der Waals surface area contributed by atoms with Crippen LogP contribution >= 0.6 is 11.8 Å². The number of aliphatic hydroxyl groups is 1. The van der Waals surface area contributed by atoms with Crippen LogP contribution < -0.4 is 0 Å². The van der Waals surface area contributed by atoms with Crippen LogP contribution in [0.15, 0.2) is 46.6 Å². The second kappa shape index (κ2) is 8.38. The molecule has 194 valence electrons. The summed E-state index contributed by atoms with van der Waals surface area (Å²) < 4.78 is 42.0. The summed E-state index contributed by atoms with van der Waals surface area (Å²) in [6.45, 7) is 5.23. The lowest BCUT2D eigenvalue weighted by atomic mass is 9.45. The fourth-order valence-electron chi connectivity index (χ4n) is 7.97. The van der Waals surface area contributed by atoms with E-state index in [2.05, 4.69) is 0 Å². The number of esters is 1. The summed E-state index contributed by atoms with van der Waals surface area (Å²) in [5.41, 5.74) is -5.55. The number of rotatable bonds is 4. The zero-order valence-corrected chi connectivity index (χ0v) is 21.3. The van der Waals surface area contributed by atoms with Gasteiger partial charge in [0.1, 0.15) is 6.01 Å². The second-order valence-electron chi connectivity index (χ2n) is 11.0. The van der Waals surface area contributed by atoms with E-state index in [1.54, 1.807) is 26.8 Å².